The average molecular weight is 316 g/mol. The van der Waals surface area contributed by atoms with Crippen molar-refractivity contribution in [2.24, 2.45) is 5.92 Å². The third kappa shape index (κ3) is 5.51. The highest BCUT2D eigenvalue weighted by Gasteiger charge is 2.41. The molecule has 0 radical (unpaired) electrons. The van der Waals surface area contributed by atoms with Gasteiger partial charge in [0.2, 0.25) is 5.91 Å². The van der Waals surface area contributed by atoms with Gasteiger partial charge >= 0.3 is 12.1 Å². The molecular formula is C14H24N2O6. The summed E-state index contributed by atoms with van der Waals surface area (Å²) in [5, 5.41) is 24.3. The lowest BCUT2D eigenvalue weighted by atomic mass is 9.80. The van der Waals surface area contributed by atoms with Crippen molar-refractivity contribution in [3.8, 4) is 0 Å². The van der Waals surface area contributed by atoms with E-state index in [1.54, 1.807) is 20.8 Å². The minimum atomic E-state index is -1.06. The van der Waals surface area contributed by atoms with Crippen LogP contribution in [0.5, 0.6) is 0 Å². The van der Waals surface area contributed by atoms with E-state index in [0.29, 0.717) is 0 Å². The number of carbonyl (C=O) groups is 3. The van der Waals surface area contributed by atoms with E-state index in [0.717, 1.165) is 0 Å². The molecule has 1 aliphatic rings. The summed E-state index contributed by atoms with van der Waals surface area (Å²) in [4.78, 5) is 34.3. The number of nitrogens with one attached hydrogen (secondary N) is 2. The topological polar surface area (TPSA) is 125 Å². The fraction of sp³-hybridized carbons (Fsp3) is 0.786. The first kappa shape index (κ1) is 18.2. The normalized spacial score (nSPS) is 28.6. The van der Waals surface area contributed by atoms with Crippen molar-refractivity contribution < 1.29 is 29.3 Å². The van der Waals surface area contributed by atoms with Gasteiger partial charge in [-0.05, 0) is 33.6 Å². The minimum absolute atomic E-state index is 0.0206. The molecule has 1 fully saturated rings. The van der Waals surface area contributed by atoms with Crippen LogP contribution >= 0.6 is 0 Å². The molecular weight excluding hydrogens is 292 g/mol. The number of alkyl carbamates (subject to hydrolysis) is 1. The van der Waals surface area contributed by atoms with Crippen LogP contribution in [0, 0.1) is 5.92 Å². The van der Waals surface area contributed by atoms with Crippen LogP contribution in [0.3, 0.4) is 0 Å². The number of carboxylic acid groups (broad SMARTS) is 1. The number of aliphatic hydroxyl groups excluding tert-OH is 1. The predicted octanol–water partition coefficient (Wildman–Crippen LogP) is 0.240. The number of hydrogen-bond donors (Lipinski definition) is 4. The molecule has 8 nitrogen and oxygen atoms in total. The second kappa shape index (κ2) is 6.95. The van der Waals surface area contributed by atoms with E-state index in [9.17, 15) is 19.5 Å². The number of carboxylic acids is 1. The fourth-order valence-electron chi connectivity index (χ4n) is 2.50. The molecule has 1 saturated carbocycles. The van der Waals surface area contributed by atoms with E-state index in [2.05, 4.69) is 10.6 Å². The maximum absolute atomic E-state index is 11.9. The van der Waals surface area contributed by atoms with E-state index in [1.807, 2.05) is 0 Å². The second-order valence-corrected chi connectivity index (χ2v) is 6.55. The molecule has 0 saturated heterocycles. The summed E-state index contributed by atoms with van der Waals surface area (Å²) < 4.78 is 5.13. The number of hydrogen-bond acceptors (Lipinski definition) is 5. The molecule has 0 aromatic heterocycles. The van der Waals surface area contributed by atoms with Crippen LogP contribution in [0.1, 0.15) is 40.5 Å². The Labute approximate surface area is 129 Å². The molecule has 1 aliphatic carbocycles. The van der Waals surface area contributed by atoms with Crippen LogP contribution in [0.25, 0.3) is 0 Å². The summed E-state index contributed by atoms with van der Waals surface area (Å²) in [6.45, 7) is 6.40. The largest absolute Gasteiger partial charge is 0.481 e. The van der Waals surface area contributed by atoms with Crippen molar-refractivity contribution in [3.05, 3.63) is 0 Å². The number of rotatable bonds is 3. The summed E-state index contributed by atoms with van der Waals surface area (Å²) in [7, 11) is 0. The van der Waals surface area contributed by atoms with Crippen molar-refractivity contribution in [2.45, 2.75) is 64.3 Å². The Hall–Kier alpha value is -1.83. The lowest BCUT2D eigenvalue weighted by Gasteiger charge is -2.39. The number of aliphatic hydroxyl groups is 1. The van der Waals surface area contributed by atoms with Crippen LogP contribution in [0.4, 0.5) is 4.79 Å². The first-order valence-electron chi connectivity index (χ1n) is 7.17. The molecule has 0 aliphatic heterocycles. The zero-order valence-electron chi connectivity index (χ0n) is 13.3. The number of amides is 2. The average Bonchev–Trinajstić information content (AvgIpc) is 2.30. The van der Waals surface area contributed by atoms with Gasteiger partial charge in [0, 0.05) is 6.92 Å². The molecule has 0 bridgehead atoms. The maximum atomic E-state index is 11.9. The quantitative estimate of drug-likeness (QED) is 0.591. The van der Waals surface area contributed by atoms with Crippen LogP contribution < -0.4 is 10.6 Å². The molecule has 1 rings (SSSR count). The van der Waals surface area contributed by atoms with Crippen molar-refractivity contribution >= 4 is 18.0 Å². The van der Waals surface area contributed by atoms with Gasteiger partial charge in [-0.25, -0.2) is 4.79 Å². The summed E-state index contributed by atoms with van der Waals surface area (Å²) in [5.74, 6) is -2.20. The Morgan fingerprint density at radius 2 is 1.73 bits per heavy atom. The molecule has 0 heterocycles. The zero-order chi connectivity index (χ0) is 17.1. The maximum Gasteiger partial charge on any atom is 0.407 e. The SMILES string of the molecule is CC(=O)NC1C(O)CC(C(=O)O)CC1NC(=O)OC(C)(C)C. The zero-order valence-corrected chi connectivity index (χ0v) is 13.3. The van der Waals surface area contributed by atoms with Gasteiger partial charge in [-0.2, -0.15) is 0 Å². The first-order valence-corrected chi connectivity index (χ1v) is 7.17. The van der Waals surface area contributed by atoms with Gasteiger partial charge in [0.15, 0.2) is 0 Å². The lowest BCUT2D eigenvalue weighted by molar-refractivity contribution is -0.145. The Bertz CT molecular complexity index is 445. The van der Waals surface area contributed by atoms with Gasteiger partial charge in [-0.1, -0.05) is 0 Å². The number of ether oxygens (including phenoxy) is 1. The predicted molar refractivity (Wildman–Crippen MR) is 77.1 cm³/mol. The number of aliphatic carboxylic acids is 1. The molecule has 4 unspecified atom stereocenters. The smallest absolute Gasteiger partial charge is 0.407 e. The molecule has 4 N–H and O–H groups in total. The first-order chi connectivity index (χ1) is 9.99. The third-order valence-electron chi connectivity index (χ3n) is 3.33. The Kier molecular flexibility index (Phi) is 5.76. The third-order valence-corrected chi connectivity index (χ3v) is 3.33. The van der Waals surface area contributed by atoms with Gasteiger partial charge < -0.3 is 25.6 Å². The van der Waals surface area contributed by atoms with Crippen molar-refractivity contribution in [1.29, 1.82) is 0 Å². The van der Waals surface area contributed by atoms with E-state index in [1.165, 1.54) is 6.92 Å². The van der Waals surface area contributed by atoms with Crippen LogP contribution in [-0.4, -0.2) is 52.0 Å². The van der Waals surface area contributed by atoms with Crippen LogP contribution in [0.15, 0.2) is 0 Å². The standard InChI is InChI=1S/C14H24N2O6/c1-7(17)15-11-9(16-13(21)22-14(2,3)4)5-8(12(19)20)6-10(11)18/h8-11,18H,5-6H2,1-4H3,(H,15,17)(H,16,21)(H,19,20). The van der Waals surface area contributed by atoms with E-state index in [-0.39, 0.29) is 18.7 Å². The van der Waals surface area contributed by atoms with Gasteiger partial charge in [-0.15, -0.1) is 0 Å². The highest BCUT2D eigenvalue weighted by molar-refractivity contribution is 5.74. The minimum Gasteiger partial charge on any atom is -0.481 e. The van der Waals surface area contributed by atoms with Crippen LogP contribution in [-0.2, 0) is 14.3 Å². The fourth-order valence-corrected chi connectivity index (χ4v) is 2.50. The summed E-state index contributed by atoms with van der Waals surface area (Å²) >= 11 is 0. The summed E-state index contributed by atoms with van der Waals surface area (Å²) in [6, 6.07) is -1.47. The van der Waals surface area contributed by atoms with Gasteiger partial charge in [0.05, 0.1) is 24.1 Å². The van der Waals surface area contributed by atoms with E-state index in [4.69, 9.17) is 9.84 Å². The highest BCUT2D eigenvalue weighted by atomic mass is 16.6. The van der Waals surface area contributed by atoms with E-state index >= 15 is 0 Å². The van der Waals surface area contributed by atoms with E-state index < -0.39 is 41.8 Å². The Balaban J connectivity index is 2.84. The van der Waals surface area contributed by atoms with Gasteiger partial charge in [0.1, 0.15) is 5.60 Å². The van der Waals surface area contributed by atoms with Gasteiger partial charge in [0.25, 0.3) is 0 Å². The monoisotopic (exact) mass is 316 g/mol. The summed E-state index contributed by atoms with van der Waals surface area (Å²) in [5.41, 5.74) is -0.701. The molecule has 0 spiro atoms. The molecule has 126 valence electrons. The molecule has 8 heteroatoms. The number of carbonyl (C=O) groups excluding carboxylic acids is 2. The highest BCUT2D eigenvalue weighted by Crippen LogP contribution is 2.26. The Morgan fingerprint density at radius 3 is 2.18 bits per heavy atom. The Morgan fingerprint density at radius 1 is 1.14 bits per heavy atom. The molecule has 22 heavy (non-hydrogen) atoms. The molecule has 4 atom stereocenters. The van der Waals surface area contributed by atoms with Crippen molar-refractivity contribution in [2.75, 3.05) is 0 Å². The van der Waals surface area contributed by atoms with Crippen molar-refractivity contribution in [1.82, 2.24) is 10.6 Å². The molecule has 2 amide bonds. The molecule has 0 aromatic carbocycles. The summed E-state index contributed by atoms with van der Waals surface area (Å²) in [6.07, 6.45) is -1.65. The van der Waals surface area contributed by atoms with Gasteiger partial charge in [-0.3, -0.25) is 9.59 Å². The lowest BCUT2D eigenvalue weighted by Crippen LogP contribution is -2.61. The van der Waals surface area contributed by atoms with Crippen LogP contribution in [0.2, 0.25) is 0 Å². The van der Waals surface area contributed by atoms with Crippen molar-refractivity contribution in [3.63, 3.8) is 0 Å². The second-order valence-electron chi connectivity index (χ2n) is 6.55. The molecule has 0 aromatic rings.